The Morgan fingerprint density at radius 3 is 2.61 bits per heavy atom. The quantitative estimate of drug-likeness (QED) is 0.842. The standard InChI is InChI=1S/C15H26N2O/c1-6-18-13-9-12(10-17-11-13)7-8-14(16-5)15(2,3)4/h9-11,14,16H,6-8H2,1-5H3. The lowest BCUT2D eigenvalue weighted by Gasteiger charge is -2.30. The second kappa shape index (κ2) is 6.74. The molecule has 0 radical (unpaired) electrons. The van der Waals surface area contributed by atoms with Crippen molar-refractivity contribution in [3.8, 4) is 5.75 Å². The zero-order valence-electron chi connectivity index (χ0n) is 12.3. The van der Waals surface area contributed by atoms with E-state index in [0.717, 1.165) is 18.6 Å². The van der Waals surface area contributed by atoms with E-state index < -0.39 is 0 Å². The van der Waals surface area contributed by atoms with Gasteiger partial charge in [0.2, 0.25) is 0 Å². The van der Waals surface area contributed by atoms with Crippen molar-refractivity contribution >= 4 is 0 Å². The predicted octanol–water partition coefficient (Wildman–Crippen LogP) is 3.05. The molecule has 0 aliphatic carbocycles. The van der Waals surface area contributed by atoms with Gasteiger partial charge in [-0.05, 0) is 43.9 Å². The Hall–Kier alpha value is -1.09. The molecule has 0 aliphatic heterocycles. The molecule has 0 bridgehead atoms. The van der Waals surface area contributed by atoms with Crippen LogP contribution in [0.1, 0.15) is 39.7 Å². The Labute approximate surface area is 111 Å². The topological polar surface area (TPSA) is 34.1 Å². The third kappa shape index (κ3) is 4.65. The summed E-state index contributed by atoms with van der Waals surface area (Å²) in [5, 5.41) is 3.40. The molecule has 1 heterocycles. The lowest BCUT2D eigenvalue weighted by Crippen LogP contribution is -2.38. The van der Waals surface area contributed by atoms with Crippen LogP contribution in [0.15, 0.2) is 18.5 Å². The lowest BCUT2D eigenvalue weighted by atomic mass is 9.83. The molecule has 1 rings (SSSR count). The van der Waals surface area contributed by atoms with Crippen molar-refractivity contribution in [1.29, 1.82) is 0 Å². The van der Waals surface area contributed by atoms with Crippen molar-refractivity contribution in [2.45, 2.75) is 46.6 Å². The Balaban J connectivity index is 2.59. The molecule has 1 atom stereocenters. The van der Waals surface area contributed by atoms with E-state index in [1.165, 1.54) is 5.56 Å². The van der Waals surface area contributed by atoms with Crippen LogP contribution in [0.25, 0.3) is 0 Å². The smallest absolute Gasteiger partial charge is 0.137 e. The van der Waals surface area contributed by atoms with Crippen molar-refractivity contribution in [3.05, 3.63) is 24.0 Å². The van der Waals surface area contributed by atoms with Crippen molar-refractivity contribution in [2.75, 3.05) is 13.7 Å². The summed E-state index contributed by atoms with van der Waals surface area (Å²) in [6.07, 6.45) is 5.83. The molecule has 1 N–H and O–H groups in total. The molecular weight excluding hydrogens is 224 g/mol. The second-order valence-corrected chi connectivity index (χ2v) is 5.71. The Bertz CT molecular complexity index is 358. The molecule has 1 aromatic heterocycles. The SMILES string of the molecule is CCOc1cncc(CCC(NC)C(C)(C)C)c1. The summed E-state index contributed by atoms with van der Waals surface area (Å²) in [7, 11) is 2.03. The van der Waals surface area contributed by atoms with Crippen LogP contribution in [-0.4, -0.2) is 24.7 Å². The molecule has 1 unspecified atom stereocenters. The summed E-state index contributed by atoms with van der Waals surface area (Å²) in [4.78, 5) is 4.22. The minimum absolute atomic E-state index is 0.277. The van der Waals surface area contributed by atoms with E-state index in [9.17, 15) is 0 Å². The van der Waals surface area contributed by atoms with Crippen molar-refractivity contribution in [2.24, 2.45) is 5.41 Å². The molecule has 0 spiro atoms. The number of pyridine rings is 1. The number of aromatic nitrogens is 1. The fourth-order valence-corrected chi connectivity index (χ4v) is 2.17. The van der Waals surface area contributed by atoms with Gasteiger partial charge in [0.05, 0.1) is 12.8 Å². The normalized spacial score (nSPS) is 13.4. The number of rotatable bonds is 6. The van der Waals surface area contributed by atoms with E-state index in [1.807, 2.05) is 20.2 Å². The molecule has 1 aromatic rings. The van der Waals surface area contributed by atoms with Crippen LogP contribution in [0.4, 0.5) is 0 Å². The zero-order chi connectivity index (χ0) is 13.6. The van der Waals surface area contributed by atoms with E-state index in [2.05, 4.69) is 37.1 Å². The molecule has 3 nitrogen and oxygen atoms in total. The molecule has 0 aliphatic rings. The summed E-state index contributed by atoms with van der Waals surface area (Å²) in [6, 6.07) is 2.60. The first-order valence-corrected chi connectivity index (χ1v) is 6.71. The average Bonchev–Trinajstić information content (AvgIpc) is 2.29. The number of hydrogen-bond donors (Lipinski definition) is 1. The van der Waals surface area contributed by atoms with Crippen LogP contribution >= 0.6 is 0 Å². The number of nitrogens with zero attached hydrogens (tertiary/aromatic N) is 1. The van der Waals surface area contributed by atoms with Gasteiger partial charge in [-0.2, -0.15) is 0 Å². The van der Waals surface area contributed by atoms with E-state index >= 15 is 0 Å². The molecule has 18 heavy (non-hydrogen) atoms. The van der Waals surface area contributed by atoms with E-state index in [4.69, 9.17) is 4.74 Å². The van der Waals surface area contributed by atoms with Gasteiger partial charge in [-0.1, -0.05) is 20.8 Å². The number of aryl methyl sites for hydroxylation is 1. The summed E-state index contributed by atoms with van der Waals surface area (Å²) in [5.74, 6) is 0.867. The van der Waals surface area contributed by atoms with Crippen LogP contribution in [0.3, 0.4) is 0 Å². The van der Waals surface area contributed by atoms with Crippen LogP contribution in [0.2, 0.25) is 0 Å². The number of ether oxygens (including phenoxy) is 1. The summed E-state index contributed by atoms with van der Waals surface area (Å²) >= 11 is 0. The van der Waals surface area contributed by atoms with Gasteiger partial charge < -0.3 is 10.1 Å². The Kier molecular flexibility index (Phi) is 5.60. The van der Waals surface area contributed by atoms with Gasteiger partial charge in [-0.25, -0.2) is 0 Å². The highest BCUT2D eigenvalue weighted by atomic mass is 16.5. The van der Waals surface area contributed by atoms with Crippen molar-refractivity contribution in [1.82, 2.24) is 10.3 Å². The molecule has 0 saturated carbocycles. The first-order valence-electron chi connectivity index (χ1n) is 6.71. The van der Waals surface area contributed by atoms with Gasteiger partial charge >= 0.3 is 0 Å². The van der Waals surface area contributed by atoms with Gasteiger partial charge in [-0.3, -0.25) is 4.98 Å². The minimum Gasteiger partial charge on any atom is -0.492 e. The van der Waals surface area contributed by atoms with Gasteiger partial charge in [0.1, 0.15) is 5.75 Å². The Morgan fingerprint density at radius 1 is 1.33 bits per heavy atom. The van der Waals surface area contributed by atoms with E-state index in [-0.39, 0.29) is 5.41 Å². The van der Waals surface area contributed by atoms with E-state index in [1.54, 1.807) is 6.20 Å². The fraction of sp³-hybridized carbons (Fsp3) is 0.667. The third-order valence-corrected chi connectivity index (χ3v) is 3.20. The molecule has 0 fully saturated rings. The first-order chi connectivity index (χ1) is 8.47. The van der Waals surface area contributed by atoms with Crippen molar-refractivity contribution < 1.29 is 4.74 Å². The maximum atomic E-state index is 5.47. The largest absolute Gasteiger partial charge is 0.492 e. The van der Waals surface area contributed by atoms with Crippen LogP contribution in [0, 0.1) is 5.41 Å². The highest BCUT2D eigenvalue weighted by molar-refractivity contribution is 5.23. The Morgan fingerprint density at radius 2 is 2.06 bits per heavy atom. The van der Waals surface area contributed by atoms with Crippen LogP contribution in [0.5, 0.6) is 5.75 Å². The van der Waals surface area contributed by atoms with E-state index in [0.29, 0.717) is 12.6 Å². The van der Waals surface area contributed by atoms with Gasteiger partial charge in [0.15, 0.2) is 0 Å². The average molecular weight is 250 g/mol. The molecule has 0 saturated heterocycles. The minimum atomic E-state index is 0.277. The van der Waals surface area contributed by atoms with Gasteiger partial charge in [0.25, 0.3) is 0 Å². The van der Waals surface area contributed by atoms with Gasteiger partial charge in [-0.15, -0.1) is 0 Å². The van der Waals surface area contributed by atoms with Crippen LogP contribution < -0.4 is 10.1 Å². The lowest BCUT2D eigenvalue weighted by molar-refractivity contribution is 0.267. The summed E-state index contributed by atoms with van der Waals surface area (Å²) in [6.45, 7) is 9.48. The fourth-order valence-electron chi connectivity index (χ4n) is 2.17. The highest BCUT2D eigenvalue weighted by Gasteiger charge is 2.22. The second-order valence-electron chi connectivity index (χ2n) is 5.71. The summed E-state index contributed by atoms with van der Waals surface area (Å²) < 4.78 is 5.47. The van der Waals surface area contributed by atoms with Gasteiger partial charge in [0, 0.05) is 12.2 Å². The summed E-state index contributed by atoms with van der Waals surface area (Å²) in [5.41, 5.74) is 1.52. The monoisotopic (exact) mass is 250 g/mol. The number of nitrogens with one attached hydrogen (secondary N) is 1. The maximum absolute atomic E-state index is 5.47. The number of hydrogen-bond acceptors (Lipinski definition) is 3. The first kappa shape index (κ1) is 15.0. The molecule has 3 heteroatoms. The molecule has 102 valence electrons. The third-order valence-electron chi connectivity index (χ3n) is 3.20. The van der Waals surface area contributed by atoms with Crippen molar-refractivity contribution in [3.63, 3.8) is 0 Å². The highest BCUT2D eigenvalue weighted by Crippen LogP contribution is 2.23. The molecular formula is C15H26N2O. The molecule has 0 amide bonds. The molecule has 0 aromatic carbocycles. The van der Waals surface area contributed by atoms with Crippen LogP contribution in [-0.2, 0) is 6.42 Å². The maximum Gasteiger partial charge on any atom is 0.137 e. The predicted molar refractivity (Wildman–Crippen MR) is 76.0 cm³/mol. The zero-order valence-corrected chi connectivity index (χ0v) is 12.3.